The summed E-state index contributed by atoms with van der Waals surface area (Å²) in [7, 11) is 1.96. The molecule has 128 valence electrons. The third kappa shape index (κ3) is 4.10. The molecule has 0 unspecified atom stereocenters. The molecule has 0 atom stereocenters. The Morgan fingerprint density at radius 3 is 2.67 bits per heavy atom. The molecule has 3 rings (SSSR count). The Hall–Kier alpha value is -1.99. The fraction of sp³-hybridized carbons (Fsp3) is 0.500. The molecule has 1 aliphatic heterocycles. The number of carbonyl (C=O) groups is 1. The summed E-state index contributed by atoms with van der Waals surface area (Å²) in [5.74, 6) is 1.19. The van der Waals surface area contributed by atoms with Gasteiger partial charge in [-0.25, -0.2) is 0 Å². The van der Waals surface area contributed by atoms with Gasteiger partial charge in [-0.15, -0.1) is 10.2 Å². The van der Waals surface area contributed by atoms with Gasteiger partial charge in [0.05, 0.1) is 0 Å². The molecule has 0 saturated carbocycles. The Morgan fingerprint density at radius 1 is 1.29 bits per heavy atom. The molecule has 0 aliphatic carbocycles. The van der Waals surface area contributed by atoms with Crippen LogP contribution < -0.4 is 5.32 Å². The second-order valence-corrected chi connectivity index (χ2v) is 6.47. The predicted octanol–water partition coefficient (Wildman–Crippen LogP) is 1.45. The average molecular weight is 349 g/mol. The molecule has 1 aromatic carbocycles. The van der Waals surface area contributed by atoms with Crippen molar-refractivity contribution in [1.29, 1.82) is 0 Å². The van der Waals surface area contributed by atoms with Crippen molar-refractivity contribution < 1.29 is 4.79 Å². The lowest BCUT2D eigenvalue weighted by Gasteiger charge is -2.31. The van der Waals surface area contributed by atoms with Crippen molar-refractivity contribution in [2.24, 2.45) is 5.92 Å². The molecule has 0 radical (unpaired) electrons. The van der Waals surface area contributed by atoms with E-state index < -0.39 is 0 Å². The summed E-state index contributed by atoms with van der Waals surface area (Å²) < 4.78 is 0. The SMILES string of the molecule is CNCC1CCN(C(=O)Cn2nnc(-c3ccc(Cl)cc3)n2)CC1. The van der Waals surface area contributed by atoms with Gasteiger partial charge >= 0.3 is 0 Å². The molecule has 2 aromatic rings. The number of carbonyl (C=O) groups excluding carboxylic acids is 1. The second-order valence-electron chi connectivity index (χ2n) is 6.03. The summed E-state index contributed by atoms with van der Waals surface area (Å²) >= 11 is 5.87. The van der Waals surface area contributed by atoms with Crippen molar-refractivity contribution in [3.05, 3.63) is 29.3 Å². The van der Waals surface area contributed by atoms with Crippen LogP contribution >= 0.6 is 11.6 Å². The van der Waals surface area contributed by atoms with Crippen LogP contribution in [0.3, 0.4) is 0 Å². The smallest absolute Gasteiger partial charge is 0.246 e. The van der Waals surface area contributed by atoms with Crippen LogP contribution in [0.2, 0.25) is 5.02 Å². The molecule has 7 nitrogen and oxygen atoms in total. The zero-order valence-corrected chi connectivity index (χ0v) is 14.4. The van der Waals surface area contributed by atoms with E-state index in [0.717, 1.165) is 38.0 Å². The lowest BCUT2D eigenvalue weighted by atomic mass is 9.97. The van der Waals surface area contributed by atoms with Gasteiger partial charge in [0.15, 0.2) is 0 Å². The van der Waals surface area contributed by atoms with E-state index in [1.807, 2.05) is 24.1 Å². The number of benzene rings is 1. The first kappa shape index (κ1) is 16.9. The first-order chi connectivity index (χ1) is 11.7. The van der Waals surface area contributed by atoms with Crippen molar-refractivity contribution >= 4 is 17.5 Å². The van der Waals surface area contributed by atoms with Gasteiger partial charge in [-0.3, -0.25) is 4.79 Å². The number of nitrogens with zero attached hydrogens (tertiary/aromatic N) is 5. The van der Waals surface area contributed by atoms with Crippen LogP contribution in [-0.4, -0.2) is 57.7 Å². The number of aromatic nitrogens is 4. The monoisotopic (exact) mass is 348 g/mol. The number of piperidine rings is 1. The zero-order valence-electron chi connectivity index (χ0n) is 13.7. The molecule has 8 heteroatoms. The van der Waals surface area contributed by atoms with E-state index >= 15 is 0 Å². The molecule has 1 saturated heterocycles. The number of hydrogen-bond acceptors (Lipinski definition) is 5. The summed E-state index contributed by atoms with van der Waals surface area (Å²) in [6.45, 7) is 2.72. The maximum Gasteiger partial charge on any atom is 0.246 e. The van der Waals surface area contributed by atoms with Crippen molar-refractivity contribution in [3.8, 4) is 11.4 Å². The molecule has 24 heavy (non-hydrogen) atoms. The largest absolute Gasteiger partial charge is 0.341 e. The summed E-state index contributed by atoms with van der Waals surface area (Å²) in [5.41, 5.74) is 0.825. The summed E-state index contributed by atoms with van der Waals surface area (Å²) in [4.78, 5) is 15.6. The van der Waals surface area contributed by atoms with Crippen LogP contribution in [0.1, 0.15) is 12.8 Å². The number of rotatable bonds is 5. The normalized spacial score (nSPS) is 15.7. The molecule has 1 aromatic heterocycles. The predicted molar refractivity (Wildman–Crippen MR) is 91.5 cm³/mol. The van der Waals surface area contributed by atoms with Crippen molar-refractivity contribution in [3.63, 3.8) is 0 Å². The Labute approximate surface area is 146 Å². The van der Waals surface area contributed by atoms with Gasteiger partial charge in [0.25, 0.3) is 0 Å². The van der Waals surface area contributed by atoms with E-state index in [9.17, 15) is 4.79 Å². The van der Waals surface area contributed by atoms with Crippen molar-refractivity contribution in [2.75, 3.05) is 26.7 Å². The van der Waals surface area contributed by atoms with Gasteiger partial charge in [-0.1, -0.05) is 11.6 Å². The standard InChI is InChI=1S/C16H21ClN6O/c1-18-10-12-6-8-22(9-7-12)15(24)11-23-20-16(19-21-23)13-2-4-14(17)5-3-13/h2-5,12,18H,6-11H2,1H3. The summed E-state index contributed by atoms with van der Waals surface area (Å²) in [5, 5.41) is 16.1. The first-order valence-corrected chi connectivity index (χ1v) is 8.49. The average Bonchev–Trinajstić information content (AvgIpc) is 3.05. The summed E-state index contributed by atoms with van der Waals surface area (Å²) in [6.07, 6.45) is 2.07. The molecule has 0 spiro atoms. The van der Waals surface area contributed by atoms with Gasteiger partial charge in [-0.2, -0.15) is 4.80 Å². The lowest BCUT2D eigenvalue weighted by Crippen LogP contribution is -2.42. The van der Waals surface area contributed by atoms with Gasteiger partial charge < -0.3 is 10.2 Å². The number of halogens is 1. The third-order valence-corrected chi connectivity index (χ3v) is 4.54. The minimum absolute atomic E-state index is 0.0398. The van der Waals surface area contributed by atoms with Crippen molar-refractivity contribution in [2.45, 2.75) is 19.4 Å². The quantitative estimate of drug-likeness (QED) is 0.885. The number of nitrogens with one attached hydrogen (secondary N) is 1. The molecule has 1 N–H and O–H groups in total. The van der Waals surface area contributed by atoms with Crippen LogP contribution in [0.25, 0.3) is 11.4 Å². The number of amides is 1. The molecule has 1 fully saturated rings. The van der Waals surface area contributed by atoms with Gasteiger partial charge in [-0.05, 0) is 61.8 Å². The Balaban J connectivity index is 1.57. The van der Waals surface area contributed by atoms with E-state index in [1.54, 1.807) is 12.1 Å². The number of likely N-dealkylation sites (tertiary alicyclic amines) is 1. The zero-order chi connectivity index (χ0) is 16.9. The highest BCUT2D eigenvalue weighted by atomic mass is 35.5. The van der Waals surface area contributed by atoms with Gasteiger partial charge in [0, 0.05) is 23.7 Å². The highest BCUT2D eigenvalue weighted by Crippen LogP contribution is 2.18. The van der Waals surface area contributed by atoms with Crippen LogP contribution in [0, 0.1) is 5.92 Å². The third-order valence-electron chi connectivity index (χ3n) is 4.29. The minimum Gasteiger partial charge on any atom is -0.341 e. The topological polar surface area (TPSA) is 75.9 Å². The number of hydrogen-bond donors (Lipinski definition) is 1. The number of tetrazole rings is 1. The van der Waals surface area contributed by atoms with E-state index in [4.69, 9.17) is 11.6 Å². The fourth-order valence-electron chi connectivity index (χ4n) is 2.92. The fourth-order valence-corrected chi connectivity index (χ4v) is 3.05. The Bertz CT molecular complexity index is 678. The van der Waals surface area contributed by atoms with Crippen LogP contribution in [0.4, 0.5) is 0 Å². The van der Waals surface area contributed by atoms with E-state index in [-0.39, 0.29) is 12.5 Å². The Kier molecular flexibility index (Phi) is 5.42. The molecular weight excluding hydrogens is 328 g/mol. The maximum atomic E-state index is 12.4. The second kappa shape index (κ2) is 7.72. The maximum absolute atomic E-state index is 12.4. The molecule has 1 aliphatic rings. The summed E-state index contributed by atoms with van der Waals surface area (Å²) in [6, 6.07) is 7.21. The van der Waals surface area contributed by atoms with Gasteiger partial charge in [0.1, 0.15) is 6.54 Å². The Morgan fingerprint density at radius 2 is 2.00 bits per heavy atom. The minimum atomic E-state index is 0.0398. The molecular formula is C16H21ClN6O. The highest BCUT2D eigenvalue weighted by molar-refractivity contribution is 6.30. The van der Waals surface area contributed by atoms with E-state index in [2.05, 4.69) is 20.7 Å². The van der Waals surface area contributed by atoms with E-state index in [1.165, 1.54) is 4.80 Å². The van der Waals surface area contributed by atoms with E-state index in [0.29, 0.717) is 16.8 Å². The lowest BCUT2D eigenvalue weighted by molar-refractivity contribution is -0.133. The molecule has 0 bridgehead atoms. The first-order valence-electron chi connectivity index (χ1n) is 8.12. The van der Waals surface area contributed by atoms with Crippen LogP contribution in [0.15, 0.2) is 24.3 Å². The highest BCUT2D eigenvalue weighted by Gasteiger charge is 2.23. The molecule has 1 amide bonds. The van der Waals surface area contributed by atoms with Gasteiger partial charge in [0.2, 0.25) is 11.7 Å². The molecule has 2 heterocycles. The van der Waals surface area contributed by atoms with Crippen LogP contribution in [0.5, 0.6) is 0 Å². The van der Waals surface area contributed by atoms with Crippen LogP contribution in [-0.2, 0) is 11.3 Å². The van der Waals surface area contributed by atoms with Crippen molar-refractivity contribution in [1.82, 2.24) is 30.4 Å².